The lowest BCUT2D eigenvalue weighted by Gasteiger charge is -2.37. The molecule has 0 spiro atoms. The number of carbonyl (C=O) groups excluding carboxylic acids is 2. The molecule has 17 heteroatoms. The maximum absolute atomic E-state index is 14.1. The Labute approximate surface area is 275 Å². The topological polar surface area (TPSA) is 97.7 Å². The van der Waals surface area contributed by atoms with Crippen LogP contribution in [0.2, 0.25) is 0 Å². The van der Waals surface area contributed by atoms with Crippen LogP contribution in [0.15, 0.2) is 91.0 Å². The maximum atomic E-state index is 14.1. The van der Waals surface area contributed by atoms with Gasteiger partial charge in [0.2, 0.25) is 0 Å². The van der Waals surface area contributed by atoms with Crippen molar-refractivity contribution in [1.82, 2.24) is 5.32 Å². The average molecular weight is 715 g/mol. The first-order chi connectivity index (χ1) is 23.3. The predicted molar refractivity (Wildman–Crippen MR) is 152 cm³/mol. The molecule has 4 rings (SSSR count). The van der Waals surface area contributed by atoms with E-state index in [2.05, 4.69) is 14.8 Å². The first-order valence-corrected chi connectivity index (χ1v) is 13.8. The van der Waals surface area contributed by atoms with Crippen LogP contribution in [0.3, 0.4) is 0 Å². The van der Waals surface area contributed by atoms with Crippen molar-refractivity contribution in [3.63, 3.8) is 0 Å². The molecule has 0 aliphatic rings. The first-order valence-electron chi connectivity index (χ1n) is 13.8. The van der Waals surface area contributed by atoms with Gasteiger partial charge in [-0.25, -0.2) is 4.39 Å². The van der Waals surface area contributed by atoms with Gasteiger partial charge in [0.05, 0.1) is 11.1 Å². The number of rotatable bonds is 11. The van der Waals surface area contributed by atoms with Crippen molar-refractivity contribution in [3.05, 3.63) is 125 Å². The predicted octanol–water partition coefficient (Wildman–Crippen LogP) is 8.03. The lowest BCUT2D eigenvalue weighted by molar-refractivity contribution is -0.275. The normalized spacial score (nSPS) is 12.1. The highest BCUT2D eigenvalue weighted by Gasteiger charge is 2.41. The summed E-state index contributed by atoms with van der Waals surface area (Å²) in [5, 5.41) is 11.2. The molecule has 0 heterocycles. The number of amides is 1. The first kappa shape index (κ1) is 37.0. The molecule has 262 valence electrons. The molecule has 1 amide bonds. The van der Waals surface area contributed by atoms with Gasteiger partial charge in [0, 0.05) is 12.0 Å². The monoisotopic (exact) mass is 714 g/mol. The van der Waals surface area contributed by atoms with Crippen molar-refractivity contribution in [2.24, 2.45) is 0 Å². The fourth-order valence-electron chi connectivity index (χ4n) is 4.86. The van der Waals surface area contributed by atoms with E-state index >= 15 is 0 Å². The molecule has 0 unspecified atom stereocenters. The standard InChI is InChI=1S/C33H20F10N2O5/c34-28-11-10-20(13-27(28)31(35,36)37)29(47)45-30(21-5-2-8-25(14-21)49-32(38,39)40,22-6-3-9-26(15-22)50-33(41,42)43)16-19-4-1-7-24(12-19)48-18-23(46)17-44/h1-15H,16,18H2,(H,45,47). The number of halogens is 10. The lowest BCUT2D eigenvalue weighted by atomic mass is 9.77. The molecular formula is C33H20F10N2O5. The largest absolute Gasteiger partial charge is 0.573 e. The van der Waals surface area contributed by atoms with Crippen LogP contribution < -0.4 is 19.5 Å². The Balaban J connectivity index is 1.98. The summed E-state index contributed by atoms with van der Waals surface area (Å²) in [6.07, 6.45) is -16.3. The van der Waals surface area contributed by atoms with Crippen molar-refractivity contribution >= 4 is 11.7 Å². The van der Waals surface area contributed by atoms with Crippen LogP contribution in [0.4, 0.5) is 43.9 Å². The summed E-state index contributed by atoms with van der Waals surface area (Å²) in [7, 11) is 0. The molecule has 0 radical (unpaired) electrons. The highest BCUT2D eigenvalue weighted by molar-refractivity contribution is 5.95. The zero-order chi connectivity index (χ0) is 36.9. The summed E-state index contributed by atoms with van der Waals surface area (Å²) in [6.45, 7) is -0.693. The third-order valence-corrected chi connectivity index (χ3v) is 6.84. The number of carbonyl (C=O) groups is 2. The molecule has 0 aliphatic carbocycles. The molecule has 0 aromatic heterocycles. The van der Waals surface area contributed by atoms with E-state index in [0.29, 0.717) is 12.1 Å². The molecule has 0 fully saturated rings. The molecule has 0 atom stereocenters. The van der Waals surface area contributed by atoms with Gasteiger partial charge >= 0.3 is 18.9 Å². The van der Waals surface area contributed by atoms with Crippen LogP contribution in [0.5, 0.6) is 17.2 Å². The van der Waals surface area contributed by atoms with E-state index in [-0.39, 0.29) is 28.5 Å². The minimum Gasteiger partial charge on any atom is -0.485 e. The Kier molecular flexibility index (Phi) is 10.6. The smallest absolute Gasteiger partial charge is 0.485 e. The third-order valence-electron chi connectivity index (χ3n) is 6.84. The van der Waals surface area contributed by atoms with E-state index in [1.165, 1.54) is 42.5 Å². The van der Waals surface area contributed by atoms with Gasteiger partial charge in [0.1, 0.15) is 29.1 Å². The molecule has 0 saturated carbocycles. The number of Topliss-reactive ketones (excluding diaryl/α,β-unsaturated/α-hetero) is 1. The molecule has 0 bridgehead atoms. The Morgan fingerprint density at radius 2 is 1.24 bits per heavy atom. The van der Waals surface area contributed by atoms with Crippen LogP contribution >= 0.6 is 0 Å². The number of nitriles is 1. The molecule has 4 aromatic rings. The number of alkyl halides is 9. The molecule has 4 aromatic carbocycles. The second-order valence-corrected chi connectivity index (χ2v) is 10.4. The van der Waals surface area contributed by atoms with E-state index in [1.54, 1.807) is 0 Å². The van der Waals surface area contributed by atoms with E-state index in [1.807, 2.05) is 0 Å². The van der Waals surface area contributed by atoms with Crippen molar-refractivity contribution in [3.8, 4) is 23.3 Å². The second-order valence-electron chi connectivity index (χ2n) is 10.4. The summed E-state index contributed by atoms with van der Waals surface area (Å²) >= 11 is 0. The number of nitrogens with zero attached hydrogens (tertiary/aromatic N) is 1. The number of hydrogen-bond acceptors (Lipinski definition) is 6. The summed E-state index contributed by atoms with van der Waals surface area (Å²) < 4.78 is 148. The quantitative estimate of drug-likeness (QED) is 0.125. The van der Waals surface area contributed by atoms with Gasteiger partial charge in [-0.3, -0.25) is 9.59 Å². The van der Waals surface area contributed by atoms with Crippen molar-refractivity contribution in [1.29, 1.82) is 5.26 Å². The van der Waals surface area contributed by atoms with Crippen LogP contribution in [0.1, 0.15) is 32.6 Å². The van der Waals surface area contributed by atoms with Gasteiger partial charge in [-0.15, -0.1) is 26.3 Å². The zero-order valence-corrected chi connectivity index (χ0v) is 24.8. The van der Waals surface area contributed by atoms with Crippen molar-refractivity contribution in [2.75, 3.05) is 6.61 Å². The zero-order valence-electron chi connectivity index (χ0n) is 24.8. The molecular weight excluding hydrogens is 694 g/mol. The Morgan fingerprint density at radius 1 is 0.700 bits per heavy atom. The average Bonchev–Trinajstić information content (AvgIpc) is 3.01. The number of nitrogens with one attached hydrogen (secondary N) is 1. The Hall–Kier alpha value is -5.79. The summed E-state index contributed by atoms with van der Waals surface area (Å²) in [4.78, 5) is 25.3. The van der Waals surface area contributed by atoms with Crippen LogP contribution in [0.25, 0.3) is 0 Å². The van der Waals surface area contributed by atoms with Crippen LogP contribution in [-0.2, 0) is 22.9 Å². The van der Waals surface area contributed by atoms with Gasteiger partial charge in [-0.2, -0.15) is 18.4 Å². The molecule has 0 saturated heterocycles. The fourth-order valence-corrected chi connectivity index (χ4v) is 4.86. The van der Waals surface area contributed by atoms with Crippen LogP contribution in [-0.4, -0.2) is 31.0 Å². The molecule has 50 heavy (non-hydrogen) atoms. The highest BCUT2D eigenvalue weighted by Crippen LogP contribution is 2.39. The number of ketones is 1. The minimum atomic E-state index is -5.25. The van der Waals surface area contributed by atoms with Gasteiger partial charge in [-0.1, -0.05) is 36.4 Å². The Bertz CT molecular complexity index is 1860. The van der Waals surface area contributed by atoms with E-state index in [9.17, 15) is 53.5 Å². The summed E-state index contributed by atoms with van der Waals surface area (Å²) in [5.74, 6) is -5.75. The molecule has 0 aliphatic heterocycles. The summed E-state index contributed by atoms with van der Waals surface area (Å²) in [5.41, 5.74) is -5.26. The number of benzene rings is 4. The van der Waals surface area contributed by atoms with Gasteiger partial charge in [-0.05, 0) is 71.3 Å². The minimum absolute atomic E-state index is 0.0250. The maximum Gasteiger partial charge on any atom is 0.573 e. The summed E-state index contributed by atoms with van der Waals surface area (Å²) in [6, 6.07) is 15.7. The van der Waals surface area contributed by atoms with Gasteiger partial charge < -0.3 is 19.5 Å². The van der Waals surface area contributed by atoms with E-state index in [4.69, 9.17) is 10.00 Å². The number of ether oxygens (including phenoxy) is 3. The van der Waals surface area contributed by atoms with Gasteiger partial charge in [0.15, 0.2) is 6.61 Å². The van der Waals surface area contributed by atoms with Crippen molar-refractivity contribution in [2.45, 2.75) is 30.9 Å². The van der Waals surface area contributed by atoms with Crippen LogP contribution in [0, 0.1) is 17.1 Å². The van der Waals surface area contributed by atoms with Crippen molar-refractivity contribution < 1.29 is 67.7 Å². The van der Waals surface area contributed by atoms with E-state index < -0.39 is 77.6 Å². The molecule has 7 nitrogen and oxygen atoms in total. The lowest BCUT2D eigenvalue weighted by Crippen LogP contribution is -2.48. The fraction of sp³-hybridized carbons (Fsp3) is 0.182. The number of hydrogen-bond donors (Lipinski definition) is 1. The SMILES string of the molecule is N#CC(=O)COc1cccc(CC(NC(=O)c2ccc(F)c(C(F)(F)F)c2)(c2cccc(OC(F)(F)F)c2)c2cccc(OC(F)(F)F)c2)c1. The highest BCUT2D eigenvalue weighted by atomic mass is 19.4. The molecule has 1 N–H and O–H groups in total. The third kappa shape index (κ3) is 9.65. The Morgan fingerprint density at radius 3 is 1.76 bits per heavy atom. The second kappa shape index (κ2) is 14.4. The van der Waals surface area contributed by atoms with Gasteiger partial charge in [0.25, 0.3) is 11.7 Å². The van der Waals surface area contributed by atoms with E-state index in [0.717, 1.165) is 36.4 Å².